The normalized spacial score (nSPS) is 13.6. The quantitative estimate of drug-likeness (QED) is 0.292. The summed E-state index contributed by atoms with van der Waals surface area (Å²) >= 11 is 0. The summed E-state index contributed by atoms with van der Waals surface area (Å²) in [7, 11) is 1.54. The van der Waals surface area contributed by atoms with Gasteiger partial charge in [-0.2, -0.15) is 0 Å². The van der Waals surface area contributed by atoms with Gasteiger partial charge in [0.1, 0.15) is 5.75 Å². The van der Waals surface area contributed by atoms with Crippen molar-refractivity contribution in [2.24, 2.45) is 5.16 Å². The Labute approximate surface area is 168 Å². The van der Waals surface area contributed by atoms with Crippen molar-refractivity contribution < 1.29 is 33.4 Å². The first-order chi connectivity index (χ1) is 14.0. The number of carbonyl (C=O) groups excluding carboxylic acids is 2. The summed E-state index contributed by atoms with van der Waals surface area (Å²) < 4.78 is 20.7. The average Bonchev–Trinajstić information content (AvgIpc) is 3.21. The lowest BCUT2D eigenvalue weighted by Crippen LogP contribution is -2.26. The molecule has 1 heterocycles. The molecule has 29 heavy (non-hydrogen) atoms. The highest BCUT2D eigenvalue weighted by Gasteiger charge is 2.20. The van der Waals surface area contributed by atoms with Gasteiger partial charge in [0.25, 0.3) is 0 Å². The van der Waals surface area contributed by atoms with Crippen molar-refractivity contribution >= 4 is 17.5 Å². The second-order valence-corrected chi connectivity index (χ2v) is 6.24. The molecule has 0 aromatic heterocycles. The van der Waals surface area contributed by atoms with Crippen LogP contribution in [0.15, 0.2) is 47.6 Å². The van der Waals surface area contributed by atoms with Gasteiger partial charge in [0.2, 0.25) is 19.2 Å². The molecule has 152 valence electrons. The van der Waals surface area contributed by atoms with Gasteiger partial charge in [-0.05, 0) is 56.3 Å². The molecule has 0 fully saturated rings. The third-order valence-electron chi connectivity index (χ3n) is 4.23. The zero-order valence-electron chi connectivity index (χ0n) is 16.3. The molecule has 8 nitrogen and oxygen atoms in total. The molecule has 8 heteroatoms. The van der Waals surface area contributed by atoms with E-state index in [0.717, 1.165) is 5.56 Å². The molecule has 1 atom stereocenters. The van der Waals surface area contributed by atoms with Gasteiger partial charge in [0.15, 0.2) is 17.6 Å². The summed E-state index contributed by atoms with van der Waals surface area (Å²) in [6.07, 6.45) is -0.946. The Morgan fingerprint density at radius 3 is 2.48 bits per heavy atom. The molecule has 0 saturated heterocycles. The fourth-order valence-electron chi connectivity index (χ4n) is 2.63. The van der Waals surface area contributed by atoms with Gasteiger partial charge in [-0.25, -0.2) is 4.79 Å². The van der Waals surface area contributed by atoms with Crippen molar-refractivity contribution in [2.45, 2.75) is 20.0 Å². The molecule has 0 N–H and O–H groups in total. The zero-order valence-corrected chi connectivity index (χ0v) is 16.3. The minimum Gasteiger partial charge on any atom is -0.497 e. The molecule has 0 radical (unpaired) electrons. The fourth-order valence-corrected chi connectivity index (χ4v) is 2.63. The number of fused-ring (bicyclic) bond motifs is 1. The summed E-state index contributed by atoms with van der Waals surface area (Å²) in [5.74, 6) is 0.918. The number of esters is 1. The van der Waals surface area contributed by atoms with Gasteiger partial charge in [0.05, 0.1) is 12.8 Å². The molecule has 2 aromatic rings. The third-order valence-corrected chi connectivity index (χ3v) is 4.23. The maximum atomic E-state index is 12.3. The first kappa shape index (κ1) is 20.2. The lowest BCUT2D eigenvalue weighted by atomic mass is 10.1. The summed E-state index contributed by atoms with van der Waals surface area (Å²) in [6, 6.07) is 11.9. The van der Waals surface area contributed by atoms with Crippen molar-refractivity contribution in [1.82, 2.24) is 0 Å². The molecule has 0 unspecified atom stereocenters. The number of nitrogens with zero attached hydrogens (tertiary/aromatic N) is 1. The van der Waals surface area contributed by atoms with Gasteiger partial charge >= 0.3 is 5.97 Å². The number of ketones is 1. The Kier molecular flexibility index (Phi) is 6.33. The van der Waals surface area contributed by atoms with Crippen LogP contribution >= 0.6 is 0 Å². The topological polar surface area (TPSA) is 92.7 Å². The number of Topliss-reactive ketones (excluding diaryl/α,β-unsaturated/α-hetero) is 1. The monoisotopic (exact) mass is 399 g/mol. The van der Waals surface area contributed by atoms with Crippen molar-refractivity contribution in [1.29, 1.82) is 0 Å². The van der Waals surface area contributed by atoms with E-state index in [2.05, 4.69) is 5.16 Å². The van der Waals surface area contributed by atoms with Crippen molar-refractivity contribution in [3.63, 3.8) is 0 Å². The summed E-state index contributed by atoms with van der Waals surface area (Å²) in [4.78, 5) is 29.3. The molecule has 0 amide bonds. The number of hydrogen-bond acceptors (Lipinski definition) is 8. The van der Waals surface area contributed by atoms with Crippen LogP contribution in [0.4, 0.5) is 0 Å². The Bertz CT molecular complexity index is 921. The fraction of sp³-hybridized carbons (Fsp3) is 0.286. The Balaban J connectivity index is 1.49. The van der Waals surface area contributed by atoms with Gasteiger partial charge in [-0.1, -0.05) is 5.16 Å². The maximum absolute atomic E-state index is 12.3. The van der Waals surface area contributed by atoms with E-state index in [-0.39, 0.29) is 12.6 Å². The molecular weight excluding hydrogens is 378 g/mol. The van der Waals surface area contributed by atoms with Crippen LogP contribution < -0.4 is 14.2 Å². The van der Waals surface area contributed by atoms with Crippen LogP contribution in [0.25, 0.3) is 0 Å². The Hall–Kier alpha value is -3.55. The number of oxime groups is 1. The van der Waals surface area contributed by atoms with E-state index >= 15 is 0 Å². The number of rotatable bonds is 8. The lowest BCUT2D eigenvalue weighted by Gasteiger charge is -2.12. The second kappa shape index (κ2) is 9.09. The molecular formula is C21H21NO7. The van der Waals surface area contributed by atoms with E-state index in [1.165, 1.54) is 14.0 Å². The van der Waals surface area contributed by atoms with Gasteiger partial charge < -0.3 is 23.8 Å². The van der Waals surface area contributed by atoms with E-state index in [4.69, 9.17) is 23.8 Å². The van der Waals surface area contributed by atoms with Gasteiger partial charge in [-0.15, -0.1) is 0 Å². The van der Waals surface area contributed by atoms with Crippen LogP contribution in [-0.2, 0) is 14.4 Å². The van der Waals surface area contributed by atoms with Crippen molar-refractivity contribution in [3.8, 4) is 17.2 Å². The molecule has 3 rings (SSSR count). The molecule has 0 bridgehead atoms. The minimum atomic E-state index is -0.946. The SMILES string of the molecule is COc1ccc(C(=O)[C@H](C)OC(=O)CO/N=C(/C)c2ccc3c(c2)OCO3)cc1. The molecule has 0 spiro atoms. The van der Waals surface area contributed by atoms with E-state index in [9.17, 15) is 9.59 Å². The first-order valence-electron chi connectivity index (χ1n) is 8.92. The molecule has 0 aliphatic carbocycles. The van der Waals surface area contributed by atoms with Crippen LogP contribution in [0.5, 0.6) is 17.2 Å². The Morgan fingerprint density at radius 2 is 1.76 bits per heavy atom. The number of benzene rings is 2. The number of carbonyl (C=O) groups is 2. The molecule has 0 saturated carbocycles. The van der Waals surface area contributed by atoms with Crippen molar-refractivity contribution in [2.75, 3.05) is 20.5 Å². The van der Waals surface area contributed by atoms with Crippen molar-refractivity contribution in [3.05, 3.63) is 53.6 Å². The molecule has 1 aliphatic heterocycles. The van der Waals surface area contributed by atoms with E-state index in [1.807, 2.05) is 6.07 Å². The van der Waals surface area contributed by atoms with E-state index in [0.29, 0.717) is 28.5 Å². The number of ether oxygens (including phenoxy) is 4. The second-order valence-electron chi connectivity index (χ2n) is 6.24. The first-order valence-corrected chi connectivity index (χ1v) is 8.92. The van der Waals surface area contributed by atoms with Crippen LogP contribution in [0.2, 0.25) is 0 Å². The van der Waals surface area contributed by atoms with Crippen LogP contribution in [0.1, 0.15) is 29.8 Å². The summed E-state index contributed by atoms with van der Waals surface area (Å²) in [5, 5.41) is 3.91. The predicted octanol–water partition coefficient (Wildman–Crippen LogP) is 2.98. The van der Waals surface area contributed by atoms with Gasteiger partial charge in [-0.3, -0.25) is 4.79 Å². The number of hydrogen-bond donors (Lipinski definition) is 0. The van der Waals surface area contributed by atoms with Gasteiger partial charge in [0, 0.05) is 11.1 Å². The standard InChI is InChI=1S/C21H21NO7/c1-13(16-6-9-18-19(10-16)27-12-26-18)22-28-11-20(23)29-14(2)21(24)15-4-7-17(25-3)8-5-15/h4-10,14H,11-12H2,1-3H3/b22-13-/t14-/m0/s1. The zero-order chi connectivity index (χ0) is 20.8. The van der Waals surface area contributed by atoms with E-state index in [1.54, 1.807) is 43.3 Å². The van der Waals surface area contributed by atoms with Crippen LogP contribution in [0, 0.1) is 0 Å². The highest BCUT2D eigenvalue weighted by molar-refractivity contribution is 6.00. The minimum absolute atomic E-state index is 0.185. The average molecular weight is 399 g/mol. The highest BCUT2D eigenvalue weighted by atomic mass is 16.7. The number of methoxy groups -OCH3 is 1. The van der Waals surface area contributed by atoms with Crippen LogP contribution in [-0.4, -0.2) is 44.1 Å². The Morgan fingerprint density at radius 1 is 1.07 bits per heavy atom. The maximum Gasteiger partial charge on any atom is 0.347 e. The molecule has 2 aromatic carbocycles. The smallest absolute Gasteiger partial charge is 0.347 e. The van der Waals surface area contributed by atoms with E-state index < -0.39 is 18.7 Å². The predicted molar refractivity (Wildman–Crippen MR) is 104 cm³/mol. The highest BCUT2D eigenvalue weighted by Crippen LogP contribution is 2.32. The lowest BCUT2D eigenvalue weighted by molar-refractivity contribution is -0.151. The largest absolute Gasteiger partial charge is 0.497 e. The summed E-state index contributed by atoms with van der Waals surface area (Å²) in [5.41, 5.74) is 1.74. The molecule has 1 aliphatic rings. The summed E-state index contributed by atoms with van der Waals surface area (Å²) in [6.45, 7) is 3.01. The van der Waals surface area contributed by atoms with Crippen LogP contribution in [0.3, 0.4) is 0 Å². The third kappa shape index (κ3) is 5.04.